The molecular weight excluding hydrogens is 515 g/mol. The lowest BCUT2D eigenvalue weighted by atomic mass is 10.0. The number of nitrogens with zero attached hydrogens (tertiary/aromatic N) is 2. The van der Waals surface area contributed by atoms with Gasteiger partial charge in [0.2, 0.25) is 5.91 Å². The van der Waals surface area contributed by atoms with Gasteiger partial charge < -0.3 is 5.32 Å². The van der Waals surface area contributed by atoms with Crippen molar-refractivity contribution >= 4 is 21.6 Å². The lowest BCUT2D eigenvalue weighted by Crippen LogP contribution is -2.47. The van der Waals surface area contributed by atoms with Gasteiger partial charge in [-0.2, -0.15) is 13.2 Å². The molecule has 2 heterocycles. The minimum atomic E-state index is -4.49. The van der Waals surface area contributed by atoms with Gasteiger partial charge in [0.1, 0.15) is 6.04 Å². The Morgan fingerprint density at radius 3 is 2.37 bits per heavy atom. The second kappa shape index (κ2) is 9.94. The van der Waals surface area contributed by atoms with Crippen LogP contribution in [0.25, 0.3) is 11.1 Å². The van der Waals surface area contributed by atoms with Crippen LogP contribution in [0.2, 0.25) is 0 Å². The van der Waals surface area contributed by atoms with Gasteiger partial charge in [-0.1, -0.05) is 48.5 Å². The lowest BCUT2D eigenvalue weighted by Gasteiger charge is -2.26. The fourth-order valence-electron chi connectivity index (χ4n) is 4.46. The molecule has 4 aromatic rings. The van der Waals surface area contributed by atoms with Crippen molar-refractivity contribution in [3.63, 3.8) is 0 Å². The van der Waals surface area contributed by atoms with E-state index in [0.717, 1.165) is 22.0 Å². The van der Waals surface area contributed by atoms with Gasteiger partial charge in [-0.25, -0.2) is 8.42 Å². The number of hydrogen-bond donors (Lipinski definition) is 1. The Balaban J connectivity index is 1.44. The average Bonchev–Trinajstić information content (AvgIpc) is 3.33. The molecule has 0 spiro atoms. The highest BCUT2D eigenvalue weighted by Gasteiger charge is 2.42. The van der Waals surface area contributed by atoms with E-state index in [1.54, 1.807) is 48.7 Å². The van der Waals surface area contributed by atoms with E-state index in [9.17, 15) is 26.4 Å². The van der Waals surface area contributed by atoms with Gasteiger partial charge >= 0.3 is 6.18 Å². The molecule has 3 aromatic carbocycles. The Morgan fingerprint density at radius 2 is 1.66 bits per heavy atom. The van der Waals surface area contributed by atoms with Crippen molar-refractivity contribution in [3.05, 3.63) is 114 Å². The Labute approximate surface area is 217 Å². The van der Waals surface area contributed by atoms with Gasteiger partial charge in [0.05, 0.1) is 28.4 Å². The zero-order valence-corrected chi connectivity index (χ0v) is 20.7. The number of halogens is 3. The first-order valence-corrected chi connectivity index (χ1v) is 13.2. The summed E-state index contributed by atoms with van der Waals surface area (Å²) < 4.78 is 68.1. The number of benzene rings is 3. The van der Waals surface area contributed by atoms with Crippen LogP contribution in [0.3, 0.4) is 0 Å². The summed E-state index contributed by atoms with van der Waals surface area (Å²) in [5.74, 6) is -0.462. The van der Waals surface area contributed by atoms with Crippen LogP contribution in [0.15, 0.2) is 102 Å². The number of hydrogen-bond acceptors (Lipinski definition) is 4. The maximum absolute atomic E-state index is 13.8. The molecule has 0 aliphatic carbocycles. The highest BCUT2D eigenvalue weighted by atomic mass is 32.2. The van der Waals surface area contributed by atoms with E-state index in [2.05, 4.69) is 10.3 Å². The maximum Gasteiger partial charge on any atom is 0.416 e. The van der Waals surface area contributed by atoms with Crippen LogP contribution in [-0.2, 0) is 34.0 Å². The molecule has 1 aliphatic rings. The fraction of sp³-hybridized carbons (Fsp3) is 0.143. The van der Waals surface area contributed by atoms with Crippen LogP contribution >= 0.6 is 0 Å². The number of fused-ring (bicyclic) bond motifs is 1. The third-order valence-electron chi connectivity index (χ3n) is 6.33. The molecular formula is C28H22F3N3O3S. The summed E-state index contributed by atoms with van der Waals surface area (Å²) >= 11 is 0. The molecule has 0 fully saturated rings. The zero-order valence-electron chi connectivity index (χ0n) is 19.9. The minimum absolute atomic E-state index is 0.0764. The van der Waals surface area contributed by atoms with Crippen LogP contribution in [0.1, 0.15) is 16.8 Å². The maximum atomic E-state index is 13.8. The van der Waals surface area contributed by atoms with E-state index in [1.807, 2.05) is 0 Å². The smallest absolute Gasteiger partial charge is 0.349 e. The van der Waals surface area contributed by atoms with Gasteiger partial charge in [-0.05, 0) is 59.2 Å². The molecule has 0 radical (unpaired) electrons. The molecule has 1 N–H and O–H groups in total. The quantitative estimate of drug-likeness (QED) is 0.367. The Bertz CT molecular complexity index is 1570. The second-order valence-electron chi connectivity index (χ2n) is 8.79. The highest BCUT2D eigenvalue weighted by Crippen LogP contribution is 2.38. The molecule has 0 saturated carbocycles. The number of carbonyl (C=O) groups is 1. The molecule has 1 atom stereocenters. The van der Waals surface area contributed by atoms with E-state index >= 15 is 0 Å². The highest BCUT2D eigenvalue weighted by molar-refractivity contribution is 7.93. The number of sulfonamides is 1. The summed E-state index contributed by atoms with van der Waals surface area (Å²) in [4.78, 5) is 17.3. The van der Waals surface area contributed by atoms with Crippen LogP contribution < -0.4 is 9.62 Å². The molecule has 10 heteroatoms. The van der Waals surface area contributed by atoms with Crippen molar-refractivity contribution in [1.82, 2.24) is 10.3 Å². The number of alkyl halides is 3. The summed E-state index contributed by atoms with van der Waals surface area (Å²) in [6.45, 7) is 0.145. The van der Waals surface area contributed by atoms with Crippen LogP contribution in [0.4, 0.5) is 18.9 Å². The van der Waals surface area contributed by atoms with Crippen molar-refractivity contribution in [1.29, 1.82) is 0 Å². The van der Waals surface area contributed by atoms with Crippen LogP contribution in [0, 0.1) is 0 Å². The number of anilines is 1. The van der Waals surface area contributed by atoms with Crippen molar-refractivity contribution < 1.29 is 26.4 Å². The number of para-hydroxylation sites is 1. The second-order valence-corrected chi connectivity index (χ2v) is 10.6. The third kappa shape index (κ3) is 4.99. The first kappa shape index (κ1) is 25.5. The molecule has 1 amide bonds. The molecule has 0 bridgehead atoms. The van der Waals surface area contributed by atoms with Gasteiger partial charge in [0, 0.05) is 12.6 Å². The largest absolute Gasteiger partial charge is 0.416 e. The molecule has 0 saturated heterocycles. The predicted octanol–water partition coefficient (Wildman–Crippen LogP) is 5.20. The zero-order chi connectivity index (χ0) is 26.9. The number of nitrogens with one attached hydrogen (secondary N) is 1. The topological polar surface area (TPSA) is 79.4 Å². The Kier molecular flexibility index (Phi) is 6.66. The molecule has 1 aromatic heterocycles. The third-order valence-corrected chi connectivity index (χ3v) is 8.17. The number of carbonyl (C=O) groups excluding carboxylic acids is 1. The summed E-state index contributed by atoms with van der Waals surface area (Å²) in [5, 5.41) is 2.78. The Morgan fingerprint density at radius 1 is 0.921 bits per heavy atom. The van der Waals surface area contributed by atoms with Crippen molar-refractivity contribution in [2.75, 3.05) is 4.31 Å². The predicted molar refractivity (Wildman–Crippen MR) is 137 cm³/mol. The van der Waals surface area contributed by atoms with E-state index in [0.29, 0.717) is 22.5 Å². The van der Waals surface area contributed by atoms with Crippen molar-refractivity contribution in [3.8, 4) is 11.1 Å². The molecule has 6 nitrogen and oxygen atoms in total. The van der Waals surface area contributed by atoms with Crippen molar-refractivity contribution in [2.24, 2.45) is 0 Å². The van der Waals surface area contributed by atoms with Gasteiger partial charge in [-0.15, -0.1) is 0 Å². The molecule has 194 valence electrons. The SMILES string of the molecule is O=C(NCc1ccccn1)[C@@H]1Cc2ccccc2N1S(=O)(=O)c1ccc(-c2cccc(C(F)(F)F)c2)cc1. The van der Waals surface area contributed by atoms with E-state index in [1.165, 1.54) is 36.4 Å². The summed E-state index contributed by atoms with van der Waals surface area (Å²) in [7, 11) is -4.18. The summed E-state index contributed by atoms with van der Waals surface area (Å²) in [6, 6.07) is 21.6. The average molecular weight is 538 g/mol. The first-order chi connectivity index (χ1) is 18.1. The monoisotopic (exact) mass is 537 g/mol. The summed E-state index contributed by atoms with van der Waals surface area (Å²) in [5.41, 5.74) is 1.71. The van der Waals surface area contributed by atoms with Crippen molar-refractivity contribution in [2.45, 2.75) is 30.1 Å². The van der Waals surface area contributed by atoms with E-state index in [4.69, 9.17) is 0 Å². The van der Waals surface area contributed by atoms with E-state index < -0.39 is 33.7 Å². The van der Waals surface area contributed by atoms with Crippen LogP contribution in [-0.4, -0.2) is 25.4 Å². The summed E-state index contributed by atoms with van der Waals surface area (Å²) in [6.07, 6.45) is -2.69. The number of aromatic nitrogens is 1. The van der Waals surface area contributed by atoms with Crippen LogP contribution in [0.5, 0.6) is 0 Å². The first-order valence-electron chi connectivity index (χ1n) is 11.7. The lowest BCUT2D eigenvalue weighted by molar-refractivity contribution is -0.137. The number of pyridine rings is 1. The minimum Gasteiger partial charge on any atom is -0.349 e. The normalized spacial score (nSPS) is 15.2. The van der Waals surface area contributed by atoms with Gasteiger partial charge in [0.15, 0.2) is 0 Å². The standard InChI is InChI=1S/C28H22F3N3O3S/c29-28(30,31)22-8-5-7-20(16-22)19-11-13-24(14-12-19)38(36,37)34-25-10-2-1-6-21(25)17-26(34)27(35)33-18-23-9-3-4-15-32-23/h1-16,26H,17-18H2,(H,33,35)/t26-/m0/s1. The molecule has 38 heavy (non-hydrogen) atoms. The molecule has 0 unspecified atom stereocenters. The van der Waals surface area contributed by atoms with E-state index in [-0.39, 0.29) is 17.9 Å². The fourth-order valence-corrected chi connectivity index (χ4v) is 6.11. The molecule has 1 aliphatic heterocycles. The molecule has 5 rings (SSSR count). The Hall–Kier alpha value is -4.18. The number of amides is 1. The number of rotatable bonds is 6. The van der Waals surface area contributed by atoms with Gasteiger partial charge in [-0.3, -0.25) is 14.1 Å². The van der Waals surface area contributed by atoms with Gasteiger partial charge in [0.25, 0.3) is 10.0 Å².